The topological polar surface area (TPSA) is 150 Å². The molecule has 0 aromatic heterocycles. The van der Waals surface area contributed by atoms with Crippen LogP contribution in [0.15, 0.2) is 42.5 Å². The molecule has 39 heavy (non-hydrogen) atoms. The Balaban J connectivity index is 1.82. The lowest BCUT2D eigenvalue weighted by Gasteiger charge is -2.29. The molecule has 0 unspecified atom stereocenters. The zero-order chi connectivity index (χ0) is 28.5. The molecule has 0 radical (unpaired) electrons. The Hall–Kier alpha value is -3.99. The Labute approximate surface area is 228 Å². The number of ether oxygens (including phenoxy) is 1. The summed E-state index contributed by atoms with van der Waals surface area (Å²) in [6, 6.07) is 8.91. The van der Waals surface area contributed by atoms with Crippen LogP contribution in [0, 0.1) is 11.2 Å². The van der Waals surface area contributed by atoms with Crippen molar-refractivity contribution in [3.63, 3.8) is 0 Å². The second-order valence-corrected chi connectivity index (χ2v) is 9.67. The van der Waals surface area contributed by atoms with Crippen LogP contribution in [0.25, 0.3) is 0 Å². The summed E-state index contributed by atoms with van der Waals surface area (Å²) < 4.78 is 19.7. The van der Waals surface area contributed by atoms with Crippen molar-refractivity contribution in [2.24, 2.45) is 5.73 Å². The highest BCUT2D eigenvalue weighted by atomic mass is 19.1. The molecule has 0 bridgehead atoms. The first kappa shape index (κ1) is 29.6. The van der Waals surface area contributed by atoms with Crippen LogP contribution >= 0.6 is 0 Å². The number of nitrogens with zero attached hydrogens (tertiary/aromatic N) is 1. The third-order valence-electron chi connectivity index (χ3n) is 6.78. The number of aryl methyl sites for hydroxylation is 1. The van der Waals surface area contributed by atoms with Crippen LogP contribution in [-0.2, 0) is 27.2 Å². The van der Waals surface area contributed by atoms with E-state index in [-0.39, 0.29) is 30.7 Å². The van der Waals surface area contributed by atoms with E-state index in [9.17, 15) is 18.8 Å². The van der Waals surface area contributed by atoms with Gasteiger partial charge in [0.15, 0.2) is 0 Å². The fraction of sp³-hybridized carbons (Fsp3) is 0.429. The molecule has 3 rings (SSSR count). The first-order valence-corrected chi connectivity index (χ1v) is 13.0. The lowest BCUT2D eigenvalue weighted by atomic mass is 10.0. The van der Waals surface area contributed by atoms with E-state index in [0.29, 0.717) is 37.2 Å². The molecule has 1 heterocycles. The van der Waals surface area contributed by atoms with E-state index in [1.807, 2.05) is 0 Å². The summed E-state index contributed by atoms with van der Waals surface area (Å²) in [5.41, 5.74) is 7.66. The highest BCUT2D eigenvalue weighted by Crippen LogP contribution is 2.21. The second kappa shape index (κ2) is 13.7. The minimum atomic E-state index is -0.897. The van der Waals surface area contributed by atoms with Crippen LogP contribution in [0.4, 0.5) is 4.39 Å². The number of amidine groups is 1. The van der Waals surface area contributed by atoms with E-state index in [1.54, 1.807) is 44.2 Å². The predicted octanol–water partition coefficient (Wildman–Crippen LogP) is 1.10. The SMILES string of the molecule is C[C@@H]1NCCOc2cc(F)ccc2CCCNC(=O)[C@@H](Cc2ccc(C(=N)N)cc2)NC(=O)[C@@H](C)N(C)C1=O. The summed E-state index contributed by atoms with van der Waals surface area (Å²) in [5, 5.41) is 16.3. The van der Waals surface area contributed by atoms with Gasteiger partial charge in [-0.25, -0.2) is 4.39 Å². The van der Waals surface area contributed by atoms with Gasteiger partial charge in [0.1, 0.15) is 36.1 Å². The quantitative estimate of drug-likeness (QED) is 0.291. The van der Waals surface area contributed by atoms with Gasteiger partial charge in [0, 0.05) is 38.2 Å². The number of amides is 3. The largest absolute Gasteiger partial charge is 0.492 e. The van der Waals surface area contributed by atoms with Crippen molar-refractivity contribution in [3.8, 4) is 5.75 Å². The number of fused-ring (bicyclic) bond motifs is 1. The molecule has 3 atom stereocenters. The number of carbonyl (C=O) groups is 3. The minimum Gasteiger partial charge on any atom is -0.492 e. The van der Waals surface area contributed by atoms with E-state index in [0.717, 1.165) is 11.1 Å². The number of hydrogen-bond acceptors (Lipinski definition) is 6. The van der Waals surface area contributed by atoms with Crippen molar-refractivity contribution < 1.29 is 23.5 Å². The molecule has 0 saturated carbocycles. The molecule has 11 heteroatoms. The van der Waals surface area contributed by atoms with Gasteiger partial charge in [-0.15, -0.1) is 0 Å². The lowest BCUT2D eigenvalue weighted by Crippen LogP contribution is -2.56. The average Bonchev–Trinajstić information content (AvgIpc) is 2.92. The van der Waals surface area contributed by atoms with Gasteiger partial charge in [-0.2, -0.15) is 0 Å². The Morgan fingerprint density at radius 1 is 1.10 bits per heavy atom. The van der Waals surface area contributed by atoms with Crippen molar-refractivity contribution >= 4 is 23.6 Å². The summed E-state index contributed by atoms with van der Waals surface area (Å²) in [5.74, 6) is -1.18. The lowest BCUT2D eigenvalue weighted by molar-refractivity contribution is -0.140. The van der Waals surface area contributed by atoms with Gasteiger partial charge in [-0.3, -0.25) is 19.8 Å². The van der Waals surface area contributed by atoms with Crippen LogP contribution in [-0.4, -0.2) is 73.3 Å². The summed E-state index contributed by atoms with van der Waals surface area (Å²) in [7, 11) is 1.54. The Bertz CT molecular complexity index is 1190. The maximum absolute atomic E-state index is 13.9. The number of nitrogen functional groups attached to an aromatic ring is 1. The molecule has 10 nitrogen and oxygen atoms in total. The minimum absolute atomic E-state index is 0.0660. The van der Waals surface area contributed by atoms with Crippen molar-refractivity contribution in [1.29, 1.82) is 5.41 Å². The molecule has 3 amide bonds. The first-order valence-electron chi connectivity index (χ1n) is 13.0. The van der Waals surface area contributed by atoms with E-state index in [4.69, 9.17) is 15.9 Å². The van der Waals surface area contributed by atoms with E-state index in [1.165, 1.54) is 24.1 Å². The molecule has 6 N–H and O–H groups in total. The van der Waals surface area contributed by atoms with Crippen LogP contribution in [0.1, 0.15) is 37.0 Å². The Kier molecular flexibility index (Phi) is 10.4. The smallest absolute Gasteiger partial charge is 0.243 e. The number of halogens is 1. The van der Waals surface area contributed by atoms with Crippen LogP contribution in [0.2, 0.25) is 0 Å². The average molecular weight is 541 g/mol. The number of rotatable bonds is 3. The predicted molar refractivity (Wildman–Crippen MR) is 146 cm³/mol. The third kappa shape index (κ3) is 8.25. The zero-order valence-electron chi connectivity index (χ0n) is 22.6. The maximum atomic E-state index is 13.9. The van der Waals surface area contributed by atoms with Gasteiger partial charge < -0.3 is 31.3 Å². The fourth-order valence-corrected chi connectivity index (χ4v) is 4.24. The van der Waals surface area contributed by atoms with E-state index in [2.05, 4.69) is 16.0 Å². The third-order valence-corrected chi connectivity index (χ3v) is 6.78. The second-order valence-electron chi connectivity index (χ2n) is 9.67. The van der Waals surface area contributed by atoms with E-state index < -0.39 is 29.8 Å². The van der Waals surface area contributed by atoms with Crippen molar-refractivity contribution in [3.05, 3.63) is 65.0 Å². The normalized spacial score (nSPS) is 22.0. The number of likely N-dealkylation sites (N-methyl/N-ethyl adjacent to an activating group) is 1. The molecule has 210 valence electrons. The van der Waals surface area contributed by atoms with Gasteiger partial charge in [-0.1, -0.05) is 30.3 Å². The monoisotopic (exact) mass is 540 g/mol. The van der Waals surface area contributed by atoms with Crippen LogP contribution in [0.3, 0.4) is 0 Å². The van der Waals surface area contributed by atoms with Crippen LogP contribution in [0.5, 0.6) is 5.75 Å². The van der Waals surface area contributed by atoms with Gasteiger partial charge in [0.2, 0.25) is 17.7 Å². The van der Waals surface area contributed by atoms with Gasteiger partial charge in [0.05, 0.1) is 6.04 Å². The summed E-state index contributed by atoms with van der Waals surface area (Å²) in [4.78, 5) is 40.6. The van der Waals surface area contributed by atoms with Crippen LogP contribution < -0.4 is 26.4 Å². The highest BCUT2D eigenvalue weighted by Gasteiger charge is 2.29. The fourth-order valence-electron chi connectivity index (χ4n) is 4.24. The molecular formula is C28H37FN6O4. The van der Waals surface area contributed by atoms with Gasteiger partial charge in [0.25, 0.3) is 0 Å². The highest BCUT2D eigenvalue weighted by molar-refractivity contribution is 5.95. The zero-order valence-corrected chi connectivity index (χ0v) is 22.6. The van der Waals surface area contributed by atoms with Gasteiger partial charge >= 0.3 is 0 Å². The number of benzene rings is 2. The molecule has 1 aliphatic heterocycles. The van der Waals surface area contributed by atoms with Gasteiger partial charge in [-0.05, 0) is 43.9 Å². The molecule has 0 spiro atoms. The molecule has 0 aliphatic carbocycles. The number of nitrogens with one attached hydrogen (secondary N) is 4. The molecule has 1 aliphatic rings. The molecule has 0 saturated heterocycles. The summed E-state index contributed by atoms with van der Waals surface area (Å²) >= 11 is 0. The number of hydrogen-bond donors (Lipinski definition) is 5. The first-order chi connectivity index (χ1) is 18.6. The number of nitrogens with two attached hydrogens (primary N) is 1. The summed E-state index contributed by atoms with van der Waals surface area (Å²) in [6.45, 7) is 4.19. The standard InChI is InChI=1S/C28H37FN6O4/c1-17-28(38)35(3)18(2)26(36)34-23(15-19-6-8-21(9-7-19)25(30)31)27(37)33-12-4-5-20-10-11-22(29)16-24(20)39-14-13-32-17/h6-11,16-18,23,32H,4-5,12-15H2,1-3H3,(H3,30,31)(H,33,37)(H,34,36)/t17-,18+,23+/m0/s1. The molecular weight excluding hydrogens is 503 g/mol. The maximum Gasteiger partial charge on any atom is 0.243 e. The number of carbonyl (C=O) groups excluding carboxylic acids is 3. The van der Waals surface area contributed by atoms with Crippen molar-refractivity contribution in [2.75, 3.05) is 26.7 Å². The molecule has 0 fully saturated rings. The Morgan fingerprint density at radius 3 is 2.51 bits per heavy atom. The van der Waals surface area contributed by atoms with Crippen molar-refractivity contribution in [2.45, 2.75) is 51.2 Å². The summed E-state index contributed by atoms with van der Waals surface area (Å²) in [6.07, 6.45) is 1.32. The molecule has 2 aromatic rings. The van der Waals surface area contributed by atoms with Crippen molar-refractivity contribution in [1.82, 2.24) is 20.9 Å². The Morgan fingerprint density at radius 2 is 1.82 bits per heavy atom. The van der Waals surface area contributed by atoms with E-state index >= 15 is 0 Å². The molecule has 2 aromatic carbocycles.